The van der Waals surface area contributed by atoms with E-state index >= 15 is 0 Å². The average Bonchev–Trinajstić information content (AvgIpc) is 3.02. The van der Waals surface area contributed by atoms with Crippen molar-refractivity contribution in [3.05, 3.63) is 35.9 Å². The third-order valence-electron chi connectivity index (χ3n) is 4.45. The maximum atomic E-state index is 12.2. The molecular formula is C17H25ClN2O3. The molecule has 0 bridgehead atoms. The zero-order valence-electron chi connectivity index (χ0n) is 13.6. The molecule has 2 rings (SSSR count). The Bertz CT molecular complexity index is 524. The number of halogens is 1. The van der Waals surface area contributed by atoms with Crippen LogP contribution in [0.1, 0.15) is 31.7 Å². The van der Waals surface area contributed by atoms with E-state index in [1.165, 1.54) is 5.56 Å². The van der Waals surface area contributed by atoms with Gasteiger partial charge in [0, 0.05) is 13.1 Å². The van der Waals surface area contributed by atoms with Gasteiger partial charge >= 0.3 is 5.97 Å². The largest absolute Gasteiger partial charge is 0.481 e. The van der Waals surface area contributed by atoms with Crippen LogP contribution in [0, 0.1) is 5.92 Å². The maximum absolute atomic E-state index is 12.2. The van der Waals surface area contributed by atoms with Gasteiger partial charge in [0.25, 0.3) is 0 Å². The van der Waals surface area contributed by atoms with Gasteiger partial charge in [-0.05, 0) is 31.4 Å². The molecule has 3 unspecified atom stereocenters. The van der Waals surface area contributed by atoms with Crippen molar-refractivity contribution in [1.82, 2.24) is 10.2 Å². The van der Waals surface area contributed by atoms with Gasteiger partial charge in [-0.2, -0.15) is 0 Å². The summed E-state index contributed by atoms with van der Waals surface area (Å²) in [6.45, 7) is 5.63. The van der Waals surface area contributed by atoms with E-state index in [0.29, 0.717) is 26.1 Å². The molecule has 0 radical (unpaired) electrons. The number of rotatable bonds is 6. The van der Waals surface area contributed by atoms with Crippen molar-refractivity contribution >= 4 is 24.3 Å². The first-order valence-corrected chi connectivity index (χ1v) is 7.78. The third kappa shape index (κ3) is 5.22. The number of carbonyl (C=O) groups is 2. The average molecular weight is 341 g/mol. The summed E-state index contributed by atoms with van der Waals surface area (Å²) in [7, 11) is 0. The quantitative estimate of drug-likeness (QED) is 0.832. The predicted octanol–water partition coefficient (Wildman–Crippen LogP) is 2.12. The Kier molecular flexibility index (Phi) is 7.52. The lowest BCUT2D eigenvalue weighted by Crippen LogP contribution is -2.45. The number of carboxylic acid groups (broad SMARTS) is 1. The molecule has 0 aromatic heterocycles. The molecule has 1 fully saturated rings. The van der Waals surface area contributed by atoms with Gasteiger partial charge in [0.05, 0.1) is 12.0 Å². The second-order valence-corrected chi connectivity index (χ2v) is 6.05. The second kappa shape index (κ2) is 8.89. The zero-order chi connectivity index (χ0) is 16.1. The summed E-state index contributed by atoms with van der Waals surface area (Å²) in [4.78, 5) is 25.2. The van der Waals surface area contributed by atoms with E-state index < -0.39 is 5.97 Å². The van der Waals surface area contributed by atoms with E-state index in [0.717, 1.165) is 0 Å². The topological polar surface area (TPSA) is 69.6 Å². The summed E-state index contributed by atoms with van der Waals surface area (Å²) in [5.74, 6) is -0.900. The fourth-order valence-electron chi connectivity index (χ4n) is 2.81. The molecule has 0 spiro atoms. The van der Waals surface area contributed by atoms with Crippen LogP contribution in [0.3, 0.4) is 0 Å². The van der Waals surface area contributed by atoms with Crippen molar-refractivity contribution in [2.24, 2.45) is 5.92 Å². The molecule has 2 N–H and O–H groups in total. The normalized spacial score (nSPS) is 20.3. The molecule has 0 saturated carbocycles. The number of carboxylic acids is 1. The van der Waals surface area contributed by atoms with Gasteiger partial charge in [-0.3, -0.25) is 14.5 Å². The van der Waals surface area contributed by atoms with E-state index in [2.05, 4.69) is 24.4 Å². The van der Waals surface area contributed by atoms with Crippen molar-refractivity contribution in [3.8, 4) is 0 Å². The van der Waals surface area contributed by atoms with Crippen LogP contribution in [0.4, 0.5) is 0 Å². The van der Waals surface area contributed by atoms with Crippen LogP contribution in [0.15, 0.2) is 30.3 Å². The van der Waals surface area contributed by atoms with Gasteiger partial charge in [-0.25, -0.2) is 0 Å². The van der Waals surface area contributed by atoms with E-state index in [9.17, 15) is 9.59 Å². The second-order valence-electron chi connectivity index (χ2n) is 6.05. The van der Waals surface area contributed by atoms with Crippen LogP contribution >= 0.6 is 12.4 Å². The number of likely N-dealkylation sites (tertiary alicyclic amines) is 1. The molecule has 1 aromatic rings. The number of nitrogens with zero attached hydrogens (tertiary/aromatic N) is 1. The Morgan fingerprint density at radius 3 is 2.52 bits per heavy atom. The number of hydrogen-bond acceptors (Lipinski definition) is 3. The van der Waals surface area contributed by atoms with E-state index in [-0.39, 0.29) is 36.2 Å². The summed E-state index contributed by atoms with van der Waals surface area (Å²) < 4.78 is 0. The molecule has 3 atom stereocenters. The molecule has 6 heteroatoms. The van der Waals surface area contributed by atoms with Crippen LogP contribution < -0.4 is 5.32 Å². The van der Waals surface area contributed by atoms with Gasteiger partial charge in [0.2, 0.25) is 5.91 Å². The molecule has 5 nitrogen and oxygen atoms in total. The third-order valence-corrected chi connectivity index (χ3v) is 4.45. The Balaban J connectivity index is 0.00000264. The number of aliphatic carboxylic acids is 1. The Morgan fingerprint density at radius 1 is 1.30 bits per heavy atom. The first kappa shape index (κ1) is 19.5. The van der Waals surface area contributed by atoms with Crippen molar-refractivity contribution < 1.29 is 14.7 Å². The number of carbonyl (C=O) groups excluding carboxylic acids is 1. The molecule has 128 valence electrons. The van der Waals surface area contributed by atoms with E-state index in [1.807, 2.05) is 30.0 Å². The molecule has 1 aromatic carbocycles. The standard InChI is InChI=1S/C17H24N2O3.ClH/c1-12(14-6-4-3-5-7-14)10-18-16(20)13(2)19-9-8-15(11-19)17(21)22;/h3-7,12-13,15H,8-11H2,1-2H3,(H,18,20)(H,21,22);1H. The number of benzene rings is 1. The highest BCUT2D eigenvalue weighted by Crippen LogP contribution is 2.19. The summed E-state index contributed by atoms with van der Waals surface area (Å²) in [5.41, 5.74) is 1.20. The van der Waals surface area contributed by atoms with Crippen LogP contribution in [0.2, 0.25) is 0 Å². The Morgan fingerprint density at radius 2 is 1.96 bits per heavy atom. The lowest BCUT2D eigenvalue weighted by atomic mass is 10.0. The first-order chi connectivity index (χ1) is 10.5. The molecule has 1 aliphatic rings. The first-order valence-electron chi connectivity index (χ1n) is 7.78. The predicted molar refractivity (Wildman–Crippen MR) is 91.9 cm³/mol. The maximum Gasteiger partial charge on any atom is 0.307 e. The van der Waals surface area contributed by atoms with E-state index in [4.69, 9.17) is 5.11 Å². The molecule has 1 aliphatic heterocycles. The minimum atomic E-state index is -0.771. The van der Waals surface area contributed by atoms with Gasteiger partial charge in [0.1, 0.15) is 0 Å². The van der Waals surface area contributed by atoms with Crippen molar-refractivity contribution in [3.63, 3.8) is 0 Å². The Labute approximate surface area is 143 Å². The van der Waals surface area contributed by atoms with Crippen LogP contribution in [0.5, 0.6) is 0 Å². The number of amides is 1. The summed E-state index contributed by atoms with van der Waals surface area (Å²) >= 11 is 0. The van der Waals surface area contributed by atoms with Crippen LogP contribution in [-0.4, -0.2) is 47.6 Å². The fraction of sp³-hybridized carbons (Fsp3) is 0.529. The molecule has 0 aliphatic carbocycles. The molecular weight excluding hydrogens is 316 g/mol. The number of hydrogen-bond donors (Lipinski definition) is 2. The SMILES string of the molecule is CC(CNC(=O)C(C)N1CCC(C(=O)O)C1)c1ccccc1.Cl. The minimum absolute atomic E-state index is 0. The summed E-state index contributed by atoms with van der Waals surface area (Å²) in [5, 5.41) is 12.0. The van der Waals surface area contributed by atoms with Crippen LogP contribution in [-0.2, 0) is 9.59 Å². The monoisotopic (exact) mass is 340 g/mol. The molecule has 23 heavy (non-hydrogen) atoms. The number of nitrogens with one attached hydrogen (secondary N) is 1. The lowest BCUT2D eigenvalue weighted by Gasteiger charge is -2.24. The van der Waals surface area contributed by atoms with Crippen molar-refractivity contribution in [2.45, 2.75) is 32.2 Å². The van der Waals surface area contributed by atoms with Crippen molar-refractivity contribution in [2.75, 3.05) is 19.6 Å². The zero-order valence-corrected chi connectivity index (χ0v) is 14.4. The molecule has 1 amide bonds. The highest BCUT2D eigenvalue weighted by Gasteiger charge is 2.33. The minimum Gasteiger partial charge on any atom is -0.481 e. The van der Waals surface area contributed by atoms with Gasteiger partial charge < -0.3 is 10.4 Å². The van der Waals surface area contributed by atoms with Gasteiger partial charge in [-0.1, -0.05) is 37.3 Å². The fourth-order valence-corrected chi connectivity index (χ4v) is 2.81. The Hall–Kier alpha value is -1.59. The molecule has 1 heterocycles. The van der Waals surface area contributed by atoms with E-state index in [1.54, 1.807) is 0 Å². The van der Waals surface area contributed by atoms with Gasteiger partial charge in [0.15, 0.2) is 0 Å². The highest BCUT2D eigenvalue weighted by atomic mass is 35.5. The lowest BCUT2D eigenvalue weighted by molar-refractivity contribution is -0.141. The van der Waals surface area contributed by atoms with Gasteiger partial charge in [-0.15, -0.1) is 12.4 Å². The molecule has 1 saturated heterocycles. The summed E-state index contributed by atoms with van der Waals surface area (Å²) in [6.07, 6.45) is 0.618. The van der Waals surface area contributed by atoms with Crippen molar-refractivity contribution in [1.29, 1.82) is 0 Å². The highest BCUT2D eigenvalue weighted by molar-refractivity contribution is 5.85. The van der Waals surface area contributed by atoms with Crippen LogP contribution in [0.25, 0.3) is 0 Å². The smallest absolute Gasteiger partial charge is 0.307 e. The summed E-state index contributed by atoms with van der Waals surface area (Å²) in [6, 6.07) is 9.78.